The van der Waals surface area contributed by atoms with Gasteiger partial charge in [0.15, 0.2) is 20.1 Å². The third kappa shape index (κ3) is 11.2. The number of aromatic carboxylic acids is 1. The summed E-state index contributed by atoms with van der Waals surface area (Å²) in [6.45, 7) is 1.46. The number of halogens is 10. The van der Waals surface area contributed by atoms with E-state index in [1.54, 1.807) is 0 Å². The molecule has 0 saturated heterocycles. The molecule has 0 aromatic carbocycles. The minimum Gasteiger partial charge on any atom is -0.870 e. The maximum Gasteiger partial charge on any atom is 1.00 e. The van der Waals surface area contributed by atoms with Gasteiger partial charge in [0, 0.05) is 24.8 Å². The summed E-state index contributed by atoms with van der Waals surface area (Å²) in [5.74, 6) is -2.77. The van der Waals surface area contributed by atoms with Crippen molar-refractivity contribution in [1.82, 2.24) is 19.9 Å². The van der Waals surface area contributed by atoms with Gasteiger partial charge < -0.3 is 15.3 Å². The molecule has 0 radical (unpaired) electrons. The Bertz CT molecular complexity index is 1660. The Kier molecular flexibility index (Phi) is 16.8. The van der Waals surface area contributed by atoms with Crippen LogP contribution in [0.1, 0.15) is 37.7 Å². The van der Waals surface area contributed by atoms with E-state index in [-0.39, 0.29) is 75.3 Å². The number of ether oxygens (including phenoxy) is 1. The number of carboxylic acids is 1. The summed E-state index contributed by atoms with van der Waals surface area (Å²) >= 11 is 26.1. The summed E-state index contributed by atoms with van der Waals surface area (Å²) in [5.41, 5.74) is -2.73. The van der Waals surface area contributed by atoms with E-state index < -0.39 is 45.4 Å². The molecule has 2 N–H and O–H groups in total. The van der Waals surface area contributed by atoms with Crippen LogP contribution in [0.2, 0.25) is 20.1 Å². The minimum atomic E-state index is -4.85. The molecule has 244 valence electrons. The van der Waals surface area contributed by atoms with Gasteiger partial charge in [-0.15, -0.1) is 0 Å². The van der Waals surface area contributed by atoms with Crippen LogP contribution in [-0.2, 0) is 17.1 Å². The van der Waals surface area contributed by atoms with E-state index in [1.807, 2.05) is 0 Å². The van der Waals surface area contributed by atoms with Crippen LogP contribution in [-0.4, -0.2) is 49.1 Å². The number of thiazole rings is 2. The summed E-state index contributed by atoms with van der Waals surface area (Å²) in [5, 5.41) is 9.42. The molecule has 0 bridgehead atoms. The quantitative estimate of drug-likeness (QED) is 0.120. The van der Waals surface area contributed by atoms with Crippen molar-refractivity contribution >= 4 is 105 Å². The van der Waals surface area contributed by atoms with Gasteiger partial charge in [0.1, 0.15) is 9.75 Å². The van der Waals surface area contributed by atoms with Gasteiger partial charge in [-0.1, -0.05) is 92.6 Å². The third-order valence-electron chi connectivity index (χ3n) is 4.41. The monoisotopic (exact) mass is 816 g/mol. The van der Waals surface area contributed by atoms with Crippen molar-refractivity contribution < 1.29 is 80.8 Å². The van der Waals surface area contributed by atoms with Crippen molar-refractivity contribution in [2.45, 2.75) is 37.7 Å². The molecule has 0 amide bonds. The summed E-state index contributed by atoms with van der Waals surface area (Å²) in [6.07, 6.45) is -4.48. The van der Waals surface area contributed by atoms with Crippen LogP contribution in [0, 0.1) is 0 Å². The average molecular weight is 818 g/mol. The smallest absolute Gasteiger partial charge is 0.870 e. The Morgan fingerprint density at radius 2 is 1.13 bits per heavy atom. The van der Waals surface area contributed by atoms with Crippen LogP contribution in [0.25, 0.3) is 0 Å². The van der Waals surface area contributed by atoms with Crippen molar-refractivity contribution in [2.75, 3.05) is 6.61 Å². The van der Waals surface area contributed by atoms with E-state index in [0.29, 0.717) is 27.6 Å². The van der Waals surface area contributed by atoms with Crippen LogP contribution in [0.15, 0.2) is 43.3 Å². The normalized spacial score (nSPS) is 11.1. The molecule has 0 atom stereocenters. The summed E-state index contributed by atoms with van der Waals surface area (Å²) < 4.78 is 81.7. The molecule has 24 heteroatoms. The number of carboxylic acid groups (broad SMARTS) is 1. The number of nitrogens with zero attached hydrogens (tertiary/aromatic N) is 4. The maximum atomic E-state index is 13.0. The van der Waals surface area contributed by atoms with E-state index in [9.17, 15) is 35.9 Å². The molecule has 4 aromatic rings. The Hall–Kier alpha value is -1.10. The van der Waals surface area contributed by atoms with Crippen molar-refractivity contribution in [3.8, 4) is 0 Å². The summed E-state index contributed by atoms with van der Waals surface area (Å²) in [6, 6.07) is 0. The zero-order valence-electron chi connectivity index (χ0n) is 22.3. The zero-order valence-corrected chi connectivity index (χ0v) is 30.6. The Balaban J connectivity index is 0.000000442. The molecule has 4 aromatic heterocycles. The molecule has 4 rings (SSSR count). The van der Waals surface area contributed by atoms with Crippen LogP contribution in [0.4, 0.5) is 26.3 Å². The van der Waals surface area contributed by atoms with Gasteiger partial charge in [-0.2, -0.15) is 26.3 Å². The number of alkyl halides is 6. The first-order valence-electron chi connectivity index (χ1n) is 10.9. The maximum absolute atomic E-state index is 13.0. The molecule has 0 aliphatic rings. The topological polar surface area (TPSA) is 145 Å². The Morgan fingerprint density at radius 1 is 0.783 bits per heavy atom. The molecular weight excluding hydrogens is 807 g/mol. The zero-order chi connectivity index (χ0) is 33.0. The first-order chi connectivity index (χ1) is 20.4. The summed E-state index contributed by atoms with van der Waals surface area (Å²) in [4.78, 5) is 35.9. The van der Waals surface area contributed by atoms with Crippen LogP contribution in [0.5, 0.6) is 0 Å². The largest absolute Gasteiger partial charge is 1.00 e. The number of carbonyl (C=O) groups excluding carboxylic acids is 1. The second kappa shape index (κ2) is 18.1. The van der Waals surface area contributed by atoms with Crippen LogP contribution < -0.4 is 29.6 Å². The Morgan fingerprint density at radius 3 is 1.43 bits per heavy atom. The molecule has 0 saturated carbocycles. The van der Waals surface area contributed by atoms with Crippen LogP contribution in [0.3, 0.4) is 0 Å². The van der Waals surface area contributed by atoms with E-state index in [2.05, 4.69) is 24.7 Å². The van der Waals surface area contributed by atoms with Crippen LogP contribution >= 0.6 is 92.6 Å². The van der Waals surface area contributed by atoms with Gasteiger partial charge in [0.05, 0.1) is 36.5 Å². The fourth-order valence-corrected chi connectivity index (χ4v) is 7.84. The average Bonchev–Trinajstić information content (AvgIpc) is 3.54. The van der Waals surface area contributed by atoms with Gasteiger partial charge in [-0.25, -0.2) is 19.6 Å². The van der Waals surface area contributed by atoms with Gasteiger partial charge in [0.25, 0.3) is 0 Å². The second-order valence-electron chi connectivity index (χ2n) is 7.40. The number of hydrogen-bond acceptors (Lipinski definition) is 12. The number of rotatable bonds is 7. The molecule has 9 nitrogen and oxygen atoms in total. The molecule has 0 spiro atoms. The van der Waals surface area contributed by atoms with Gasteiger partial charge in [-0.3, -0.25) is 9.97 Å². The van der Waals surface area contributed by atoms with Gasteiger partial charge in [0.2, 0.25) is 0 Å². The fraction of sp³-hybridized carbons (Fsp3) is 0.182. The summed E-state index contributed by atoms with van der Waals surface area (Å²) in [7, 11) is 0. The first kappa shape index (κ1) is 42.9. The van der Waals surface area contributed by atoms with Gasteiger partial charge in [-0.05, 0) is 6.92 Å². The third-order valence-corrected chi connectivity index (χ3v) is 10.5. The number of aromatic nitrogens is 4. The van der Waals surface area contributed by atoms with Crippen molar-refractivity contribution in [2.24, 2.45) is 0 Å². The molecule has 0 aliphatic carbocycles. The van der Waals surface area contributed by atoms with Crippen molar-refractivity contribution in [1.29, 1.82) is 0 Å². The number of hydrogen-bond donors (Lipinski definition) is 1. The fourth-order valence-electron chi connectivity index (χ4n) is 2.72. The standard InChI is InChI=1S/C12H7Cl2F3N2O2S2.C10H3Cl2F3N2O2S2.Na.H2O/c1-2-21-10(20)8-9(12(15,16)17)19-11(23-8)22-7-5(13)3-18-4-6(7)14;11-3-1-16-2-4(12)5(3)20-9-17-7(10(13,14)15)6(21-9)8(18)19;;/h3-4H,2H2,1H3;1-2H,(H,18,19);;1H2/q;;+1;/p-1. The Labute approximate surface area is 313 Å². The molecule has 0 fully saturated rings. The molecule has 4 heterocycles. The molecule has 0 unspecified atom stereocenters. The van der Waals surface area contributed by atoms with Crippen molar-refractivity contribution in [3.05, 3.63) is 66.0 Å². The molecule has 0 aliphatic heterocycles. The predicted molar refractivity (Wildman–Crippen MR) is 156 cm³/mol. The first-order valence-corrected chi connectivity index (χ1v) is 15.7. The van der Waals surface area contributed by atoms with E-state index in [4.69, 9.17) is 51.5 Å². The predicted octanol–water partition coefficient (Wildman–Crippen LogP) is 6.73. The molecular formula is C22H11Cl4F6N4NaO5S4. The minimum absolute atomic E-state index is 0. The van der Waals surface area contributed by atoms with E-state index in [1.165, 1.54) is 31.7 Å². The number of carbonyl (C=O) groups is 2. The SMILES string of the molecule is CCOC(=O)c1sc(Sc2c(Cl)cncc2Cl)nc1C(F)(F)F.O=C(O)c1sc(Sc2c(Cl)cncc2Cl)nc1C(F)(F)F.[Na+].[OH-]. The van der Waals surface area contributed by atoms with E-state index in [0.717, 1.165) is 23.5 Å². The van der Waals surface area contributed by atoms with Crippen molar-refractivity contribution in [3.63, 3.8) is 0 Å². The second-order valence-corrected chi connectivity index (χ2v) is 13.5. The van der Waals surface area contributed by atoms with E-state index >= 15 is 0 Å². The number of pyridine rings is 2. The molecule has 46 heavy (non-hydrogen) atoms. The number of esters is 1. The van der Waals surface area contributed by atoms with Gasteiger partial charge >= 0.3 is 53.8 Å².